The van der Waals surface area contributed by atoms with Crippen molar-refractivity contribution < 1.29 is 30.8 Å². The van der Waals surface area contributed by atoms with Crippen molar-refractivity contribution in [2.75, 3.05) is 23.3 Å². The van der Waals surface area contributed by atoms with Crippen LogP contribution in [0.5, 0.6) is 0 Å². The Morgan fingerprint density at radius 1 is 1.02 bits per heavy atom. The molecule has 0 radical (unpaired) electrons. The smallest absolute Gasteiger partial charge is 0.232 e. The highest BCUT2D eigenvalue weighted by molar-refractivity contribution is 7.92. The van der Waals surface area contributed by atoms with Crippen LogP contribution in [0.4, 0.5) is 24.5 Å². The van der Waals surface area contributed by atoms with E-state index in [0.29, 0.717) is 51.6 Å². The number of ketones is 1. The molecule has 7 nitrogen and oxygen atoms in total. The number of hydrogen-bond donors (Lipinski definition) is 1. The van der Waals surface area contributed by atoms with E-state index in [0.717, 1.165) is 22.2 Å². The molecule has 0 aliphatic heterocycles. The van der Waals surface area contributed by atoms with Gasteiger partial charge in [0, 0.05) is 48.5 Å². The summed E-state index contributed by atoms with van der Waals surface area (Å²) >= 11 is 0. The molecule has 0 spiro atoms. The zero-order valence-electron chi connectivity index (χ0n) is 23.9. The van der Waals surface area contributed by atoms with Crippen molar-refractivity contribution in [2.45, 2.75) is 19.8 Å². The van der Waals surface area contributed by atoms with Crippen LogP contribution in [-0.2, 0) is 16.4 Å². The van der Waals surface area contributed by atoms with Crippen LogP contribution >= 0.6 is 0 Å². The molecule has 5 aromatic rings. The van der Waals surface area contributed by atoms with Crippen molar-refractivity contribution in [3.8, 4) is 22.6 Å². The maximum absolute atomic E-state index is 14.9. The van der Waals surface area contributed by atoms with Crippen LogP contribution in [0.3, 0.4) is 0 Å². The number of rotatable bonds is 7. The number of halogens is 3. The van der Waals surface area contributed by atoms with Crippen molar-refractivity contribution >= 4 is 49.8 Å². The summed E-state index contributed by atoms with van der Waals surface area (Å²) in [6.07, 6.45) is 3.18. The van der Waals surface area contributed by atoms with E-state index >= 15 is 0 Å². The van der Waals surface area contributed by atoms with Crippen LogP contribution in [0.2, 0.25) is 0 Å². The highest BCUT2D eigenvalue weighted by Crippen LogP contribution is 2.43. The molecule has 0 saturated heterocycles. The number of carbonyl (C=O) groups excluding carboxylic acids is 1. The number of carbonyl (C=O) groups is 1. The third kappa shape index (κ3) is 4.92. The predicted molar refractivity (Wildman–Crippen MR) is 165 cm³/mol. The fraction of sp³-hybridized carbons (Fsp3) is 0.152. The van der Waals surface area contributed by atoms with Gasteiger partial charge in [-0.1, -0.05) is 19.1 Å². The number of anilines is 2. The molecule has 3 aromatic carbocycles. The largest absolute Gasteiger partial charge is 0.455 e. The van der Waals surface area contributed by atoms with Crippen LogP contribution in [0.1, 0.15) is 40.5 Å². The molecule has 0 fully saturated rings. The summed E-state index contributed by atoms with van der Waals surface area (Å²) in [6, 6.07) is 14.0. The van der Waals surface area contributed by atoms with Crippen LogP contribution in [0.25, 0.3) is 45.2 Å². The number of fused-ring (bicyclic) bond motifs is 2. The molecule has 2 heterocycles. The van der Waals surface area contributed by atoms with Crippen LogP contribution < -0.4 is 10.0 Å². The Kier molecular flexibility index (Phi) is 7.08. The van der Waals surface area contributed by atoms with Crippen LogP contribution in [0, 0.1) is 17.5 Å². The van der Waals surface area contributed by atoms with E-state index in [2.05, 4.69) is 0 Å². The highest BCUT2D eigenvalue weighted by Gasteiger charge is 2.28. The van der Waals surface area contributed by atoms with E-state index in [1.807, 2.05) is 6.07 Å². The zero-order chi connectivity index (χ0) is 31.5. The Morgan fingerprint density at radius 2 is 1.80 bits per heavy atom. The number of benzene rings is 3. The molecule has 0 bridgehead atoms. The first-order chi connectivity index (χ1) is 20.9. The molecule has 2 aromatic heterocycles. The molecule has 2 N–H and O–H groups in total. The maximum atomic E-state index is 14.9. The third-order valence-electron chi connectivity index (χ3n) is 7.77. The minimum atomic E-state index is -3.80. The Labute approximate surface area is 251 Å². The van der Waals surface area contributed by atoms with E-state index in [4.69, 9.17) is 15.1 Å². The molecule has 1 aliphatic rings. The van der Waals surface area contributed by atoms with Gasteiger partial charge >= 0.3 is 0 Å². The number of nitrogen functional groups attached to an aromatic ring is 1. The molecule has 224 valence electrons. The number of nitrogens with two attached hydrogens (primary N) is 1. The van der Waals surface area contributed by atoms with Crippen molar-refractivity contribution in [1.29, 1.82) is 0 Å². The van der Waals surface area contributed by atoms with E-state index in [9.17, 15) is 26.4 Å². The second kappa shape index (κ2) is 10.7. The van der Waals surface area contributed by atoms with Crippen molar-refractivity contribution in [2.24, 2.45) is 0 Å². The summed E-state index contributed by atoms with van der Waals surface area (Å²) in [5, 5.41) is 0.297. The van der Waals surface area contributed by atoms with Crippen LogP contribution in [-0.4, -0.2) is 32.5 Å². The van der Waals surface area contributed by atoms with E-state index in [-0.39, 0.29) is 46.2 Å². The van der Waals surface area contributed by atoms with Gasteiger partial charge in [-0.2, -0.15) is 0 Å². The summed E-state index contributed by atoms with van der Waals surface area (Å²) < 4.78 is 75.7. The molecule has 0 unspecified atom stereocenters. The lowest BCUT2D eigenvalue weighted by molar-refractivity contribution is 0.0989. The molecular formula is C33H26F3N3O4S. The average molecular weight is 618 g/mol. The number of nitrogens with zero attached hydrogens (tertiary/aromatic N) is 2. The summed E-state index contributed by atoms with van der Waals surface area (Å²) in [5.74, 6) is -2.54. The maximum Gasteiger partial charge on any atom is 0.232 e. The lowest BCUT2D eigenvalue weighted by Gasteiger charge is -2.21. The summed E-state index contributed by atoms with van der Waals surface area (Å²) in [5.41, 5.74) is 9.88. The van der Waals surface area contributed by atoms with Gasteiger partial charge in [-0.15, -0.1) is 0 Å². The zero-order valence-corrected chi connectivity index (χ0v) is 24.7. The highest BCUT2D eigenvalue weighted by atomic mass is 32.2. The number of pyridine rings is 1. The third-order valence-corrected chi connectivity index (χ3v) is 8.96. The number of sulfonamides is 1. The second-order valence-corrected chi connectivity index (χ2v) is 12.6. The van der Waals surface area contributed by atoms with Crippen molar-refractivity contribution in [3.63, 3.8) is 0 Å². The Hall–Kier alpha value is -4.90. The summed E-state index contributed by atoms with van der Waals surface area (Å²) in [6.45, 7) is 1.64. The molecule has 0 atom stereocenters. The van der Waals surface area contributed by atoms with Gasteiger partial charge in [0.1, 0.15) is 28.8 Å². The van der Waals surface area contributed by atoms with Gasteiger partial charge in [0.25, 0.3) is 0 Å². The fourth-order valence-corrected chi connectivity index (χ4v) is 5.96. The Balaban J connectivity index is 1.61. The van der Waals surface area contributed by atoms with E-state index < -0.39 is 21.7 Å². The quantitative estimate of drug-likeness (QED) is 0.193. The first-order valence-electron chi connectivity index (χ1n) is 13.7. The summed E-state index contributed by atoms with van der Waals surface area (Å²) in [4.78, 5) is 18.1. The molecule has 6 rings (SSSR count). The second-order valence-electron chi connectivity index (χ2n) is 10.6. The molecule has 0 saturated carbocycles. The normalized spacial score (nSPS) is 12.8. The SMILES string of the molecule is CCC(=O)c1c(-c2ccc(F)cc2F)oc2cc(N(C)S(C)(=O)=O)c(-c3ccc(N)c(C4=Cc5c(F)cccc5C4)n3)cc12. The van der Waals surface area contributed by atoms with Crippen molar-refractivity contribution in [3.05, 3.63) is 100 Å². The van der Waals surface area contributed by atoms with Gasteiger partial charge in [0.15, 0.2) is 5.78 Å². The molecular weight excluding hydrogens is 591 g/mol. The van der Waals surface area contributed by atoms with Gasteiger partial charge < -0.3 is 10.2 Å². The molecule has 11 heteroatoms. The topological polar surface area (TPSA) is 106 Å². The Bertz CT molecular complexity index is 2160. The molecule has 0 amide bonds. The fourth-order valence-electron chi connectivity index (χ4n) is 5.45. The minimum absolute atomic E-state index is 0.0559. The number of hydrogen-bond acceptors (Lipinski definition) is 6. The minimum Gasteiger partial charge on any atom is -0.455 e. The molecule has 44 heavy (non-hydrogen) atoms. The van der Waals surface area contributed by atoms with Crippen LogP contribution in [0.15, 0.2) is 65.1 Å². The van der Waals surface area contributed by atoms with Gasteiger partial charge in [-0.25, -0.2) is 26.6 Å². The number of Topliss-reactive ketones (excluding diaryl/α,β-unsaturated/α-hetero) is 1. The number of aromatic nitrogens is 1. The van der Waals surface area contributed by atoms with E-state index in [1.165, 1.54) is 25.2 Å². The van der Waals surface area contributed by atoms with Gasteiger partial charge in [-0.3, -0.25) is 9.10 Å². The standard InChI is InChI=1S/C33H26F3N3O4S/c1-4-29(40)31-23-15-22(27-11-10-26(37)32(38-27)18-12-17-6-5-7-24(35)21(17)13-18)28(39(2)44(3,41)42)16-30(23)43-33(31)20-9-8-19(34)14-25(20)36/h5-11,13-16H,4,12,37H2,1-3H3. The Morgan fingerprint density at radius 3 is 2.48 bits per heavy atom. The first-order valence-corrected chi connectivity index (χ1v) is 15.5. The molecule has 1 aliphatic carbocycles. The van der Waals surface area contributed by atoms with Gasteiger partial charge in [-0.05, 0) is 53.6 Å². The monoisotopic (exact) mass is 617 g/mol. The first kappa shape index (κ1) is 29.2. The number of furan rings is 1. The summed E-state index contributed by atoms with van der Waals surface area (Å²) in [7, 11) is -2.44. The number of allylic oxidation sites excluding steroid dienone is 1. The average Bonchev–Trinajstić information content (AvgIpc) is 3.58. The van der Waals surface area contributed by atoms with E-state index in [1.54, 1.807) is 37.3 Å². The predicted octanol–water partition coefficient (Wildman–Crippen LogP) is 7.25. The lowest BCUT2D eigenvalue weighted by atomic mass is 9.97. The van der Waals surface area contributed by atoms with Crippen molar-refractivity contribution in [1.82, 2.24) is 4.98 Å². The lowest BCUT2D eigenvalue weighted by Crippen LogP contribution is -2.25. The van der Waals surface area contributed by atoms with Gasteiger partial charge in [0.2, 0.25) is 10.0 Å². The van der Waals surface area contributed by atoms with Gasteiger partial charge in [0.05, 0.1) is 40.1 Å².